The number of nitrogens with zero attached hydrogens (tertiary/aromatic N) is 2. The SMILES string of the molecule is CCN(CC)[C@H](C)c1ccccc1[Se][Se]c1ccccc1[C@@H](C)N(CC)CC. The van der Waals surface area contributed by atoms with E-state index in [1.807, 2.05) is 0 Å². The van der Waals surface area contributed by atoms with E-state index in [0.717, 1.165) is 26.2 Å². The van der Waals surface area contributed by atoms with Gasteiger partial charge < -0.3 is 0 Å². The van der Waals surface area contributed by atoms with Crippen molar-refractivity contribution in [2.75, 3.05) is 26.2 Å². The molecule has 0 saturated heterocycles. The fraction of sp³-hybridized carbons (Fsp3) is 0.500. The van der Waals surface area contributed by atoms with E-state index in [1.165, 1.54) is 11.1 Å². The first-order valence-corrected chi connectivity index (χ1v) is 16.6. The fourth-order valence-corrected chi connectivity index (χ4v) is 11.4. The maximum absolute atomic E-state index is 2.55. The molecule has 2 nitrogen and oxygen atoms in total. The predicted molar refractivity (Wildman–Crippen MR) is 126 cm³/mol. The summed E-state index contributed by atoms with van der Waals surface area (Å²) in [5, 5.41) is 0. The molecule has 154 valence electrons. The Bertz CT molecular complexity index is 650. The molecule has 0 aliphatic heterocycles. The van der Waals surface area contributed by atoms with Gasteiger partial charge in [0.05, 0.1) is 0 Å². The molecule has 4 heteroatoms. The fourth-order valence-electron chi connectivity index (χ4n) is 3.83. The van der Waals surface area contributed by atoms with Crippen LogP contribution in [0.15, 0.2) is 48.5 Å². The molecule has 2 aromatic rings. The second-order valence-electron chi connectivity index (χ2n) is 7.04. The zero-order valence-electron chi connectivity index (χ0n) is 18.3. The summed E-state index contributed by atoms with van der Waals surface area (Å²) in [7, 11) is 0. The van der Waals surface area contributed by atoms with Gasteiger partial charge in [0.25, 0.3) is 0 Å². The molecule has 0 unspecified atom stereocenters. The Morgan fingerprint density at radius 1 is 0.607 bits per heavy atom. The molecule has 0 spiro atoms. The van der Waals surface area contributed by atoms with Crippen molar-refractivity contribution in [2.24, 2.45) is 0 Å². The van der Waals surface area contributed by atoms with Crippen molar-refractivity contribution in [1.29, 1.82) is 0 Å². The van der Waals surface area contributed by atoms with Crippen LogP contribution in [0.5, 0.6) is 0 Å². The summed E-state index contributed by atoms with van der Waals surface area (Å²) in [6.07, 6.45) is 0. The zero-order chi connectivity index (χ0) is 20.5. The van der Waals surface area contributed by atoms with Crippen molar-refractivity contribution >= 4 is 35.2 Å². The summed E-state index contributed by atoms with van der Waals surface area (Å²) in [4.78, 5) is 5.11. The summed E-state index contributed by atoms with van der Waals surface area (Å²) in [6, 6.07) is 19.3. The third-order valence-corrected chi connectivity index (χ3v) is 13.0. The van der Waals surface area contributed by atoms with Gasteiger partial charge in [0.15, 0.2) is 0 Å². The molecule has 0 aromatic heterocycles. The number of benzene rings is 2. The van der Waals surface area contributed by atoms with Gasteiger partial charge in [0.2, 0.25) is 0 Å². The van der Waals surface area contributed by atoms with Crippen LogP contribution in [0.4, 0.5) is 0 Å². The van der Waals surface area contributed by atoms with Gasteiger partial charge in [0, 0.05) is 0 Å². The Labute approximate surface area is 184 Å². The summed E-state index contributed by atoms with van der Waals surface area (Å²) in [5.41, 5.74) is 3.06. The molecule has 2 aromatic carbocycles. The van der Waals surface area contributed by atoms with E-state index in [2.05, 4.69) is 99.9 Å². The van der Waals surface area contributed by atoms with Crippen molar-refractivity contribution in [2.45, 2.75) is 53.6 Å². The van der Waals surface area contributed by atoms with Crippen LogP contribution in [0.2, 0.25) is 0 Å². The first-order valence-electron chi connectivity index (χ1n) is 10.6. The maximum atomic E-state index is 2.55. The Morgan fingerprint density at radius 2 is 0.929 bits per heavy atom. The molecule has 0 radical (unpaired) electrons. The van der Waals surface area contributed by atoms with E-state index in [0.29, 0.717) is 38.3 Å². The van der Waals surface area contributed by atoms with Gasteiger partial charge in [0.1, 0.15) is 0 Å². The van der Waals surface area contributed by atoms with E-state index < -0.39 is 0 Å². The monoisotopic (exact) mass is 512 g/mol. The molecular weight excluding hydrogens is 474 g/mol. The van der Waals surface area contributed by atoms with Crippen LogP contribution >= 0.6 is 0 Å². The summed E-state index contributed by atoms with van der Waals surface area (Å²) < 4.78 is 3.17. The average molecular weight is 510 g/mol. The first kappa shape index (κ1) is 23.7. The van der Waals surface area contributed by atoms with Crippen molar-refractivity contribution in [1.82, 2.24) is 9.80 Å². The molecule has 2 atom stereocenters. The second kappa shape index (κ2) is 12.2. The van der Waals surface area contributed by atoms with Gasteiger partial charge in [-0.15, -0.1) is 0 Å². The Morgan fingerprint density at radius 3 is 1.25 bits per heavy atom. The molecule has 0 aliphatic carbocycles. The Hall–Kier alpha value is -0.601. The molecule has 0 N–H and O–H groups in total. The quantitative estimate of drug-likeness (QED) is 0.425. The van der Waals surface area contributed by atoms with Gasteiger partial charge in [-0.2, -0.15) is 0 Å². The molecule has 0 fully saturated rings. The van der Waals surface area contributed by atoms with Gasteiger partial charge in [-0.1, -0.05) is 0 Å². The second-order valence-corrected chi connectivity index (χ2v) is 13.2. The Kier molecular flexibility index (Phi) is 10.3. The van der Waals surface area contributed by atoms with Crippen molar-refractivity contribution < 1.29 is 0 Å². The topological polar surface area (TPSA) is 6.48 Å². The molecule has 0 heterocycles. The molecule has 2 rings (SSSR count). The van der Waals surface area contributed by atoms with Gasteiger partial charge >= 0.3 is 184 Å². The third-order valence-electron chi connectivity index (χ3n) is 5.68. The third kappa shape index (κ3) is 5.95. The molecule has 0 bridgehead atoms. The van der Waals surface area contributed by atoms with Crippen molar-refractivity contribution in [3.63, 3.8) is 0 Å². The van der Waals surface area contributed by atoms with Gasteiger partial charge in [-0.05, 0) is 0 Å². The number of hydrogen-bond donors (Lipinski definition) is 0. The van der Waals surface area contributed by atoms with Crippen LogP contribution in [0.3, 0.4) is 0 Å². The van der Waals surface area contributed by atoms with Crippen LogP contribution in [0, 0.1) is 0 Å². The van der Waals surface area contributed by atoms with E-state index >= 15 is 0 Å². The number of rotatable bonds is 11. The van der Waals surface area contributed by atoms with Crippen LogP contribution < -0.4 is 8.92 Å². The first-order chi connectivity index (χ1) is 13.6. The van der Waals surface area contributed by atoms with E-state index in [9.17, 15) is 0 Å². The molecule has 0 aliphatic rings. The van der Waals surface area contributed by atoms with Crippen LogP contribution in [-0.4, -0.2) is 62.2 Å². The summed E-state index contributed by atoms with van der Waals surface area (Å²) >= 11 is 1.01. The van der Waals surface area contributed by atoms with E-state index in [1.54, 1.807) is 8.92 Å². The van der Waals surface area contributed by atoms with Crippen molar-refractivity contribution in [3.05, 3.63) is 59.7 Å². The van der Waals surface area contributed by atoms with Crippen LogP contribution in [0.25, 0.3) is 0 Å². The Balaban J connectivity index is 2.22. The minimum absolute atomic E-state index is 0.494. The van der Waals surface area contributed by atoms with Gasteiger partial charge in [-0.25, -0.2) is 0 Å². The normalized spacial score (nSPS) is 13.9. The molecule has 0 saturated carbocycles. The van der Waals surface area contributed by atoms with Crippen molar-refractivity contribution in [3.8, 4) is 0 Å². The number of hydrogen-bond acceptors (Lipinski definition) is 2. The van der Waals surface area contributed by atoms with E-state index in [4.69, 9.17) is 0 Å². The molecule has 28 heavy (non-hydrogen) atoms. The van der Waals surface area contributed by atoms with Crippen LogP contribution in [-0.2, 0) is 0 Å². The minimum atomic E-state index is 0.494. The summed E-state index contributed by atoms with van der Waals surface area (Å²) in [6.45, 7) is 18.2. The average Bonchev–Trinajstić information content (AvgIpc) is 2.74. The summed E-state index contributed by atoms with van der Waals surface area (Å²) in [5.74, 6) is 0. The van der Waals surface area contributed by atoms with Crippen LogP contribution in [0.1, 0.15) is 64.8 Å². The van der Waals surface area contributed by atoms with Gasteiger partial charge in [-0.3, -0.25) is 0 Å². The van der Waals surface area contributed by atoms with E-state index in [-0.39, 0.29) is 0 Å². The molecular formula is C24H36N2Se2. The predicted octanol–water partition coefficient (Wildman–Crippen LogP) is 3.77. The standard InChI is InChI=1S/C24H36N2Se2/c1-7-25(8-2)19(5)21-15-11-13-17-23(21)27-28-24-18-14-12-16-22(24)20(6)26(9-3)10-4/h11-20H,7-10H2,1-6H3/t19-,20-/m1/s1. The molecule has 0 amide bonds. The zero-order valence-corrected chi connectivity index (χ0v) is 21.7.